The number of fused-ring (bicyclic) bond motifs is 2. The van der Waals surface area contributed by atoms with Gasteiger partial charge in [-0.2, -0.15) is 0 Å². The van der Waals surface area contributed by atoms with Crippen LogP contribution in [0.4, 0.5) is 0 Å². The highest BCUT2D eigenvalue weighted by molar-refractivity contribution is 5.66. The van der Waals surface area contributed by atoms with Crippen molar-refractivity contribution < 1.29 is 19.7 Å². The van der Waals surface area contributed by atoms with Crippen LogP contribution >= 0.6 is 0 Å². The Labute approximate surface area is 157 Å². The number of rotatable bonds is 9. The molecule has 0 aromatic heterocycles. The molecule has 1 saturated carbocycles. The van der Waals surface area contributed by atoms with E-state index in [1.807, 2.05) is 6.08 Å². The number of carboxylic acid groups (broad SMARTS) is 1. The molecular formula is C22H34O4. The first-order valence-electron chi connectivity index (χ1n) is 10.5. The quantitative estimate of drug-likeness (QED) is 0.469. The predicted molar refractivity (Wildman–Crippen MR) is 102 cm³/mol. The number of aliphatic hydroxyl groups excluding tert-OH is 1. The van der Waals surface area contributed by atoms with Gasteiger partial charge in [-0.25, -0.2) is 0 Å². The van der Waals surface area contributed by atoms with Crippen molar-refractivity contribution >= 4 is 5.97 Å². The maximum atomic E-state index is 10.5. The topological polar surface area (TPSA) is 66.8 Å². The van der Waals surface area contributed by atoms with E-state index in [9.17, 15) is 9.90 Å². The van der Waals surface area contributed by atoms with Crippen molar-refractivity contribution in [1.29, 1.82) is 0 Å². The molecule has 2 heterocycles. The molecule has 2 saturated heterocycles. The summed E-state index contributed by atoms with van der Waals surface area (Å²) in [6.07, 6.45) is 20.2. The summed E-state index contributed by atoms with van der Waals surface area (Å²) in [7, 11) is 0. The average molecular weight is 363 g/mol. The standard InChI is InChI=1S/C22H34O4/c23-19(16-8-4-3-5-9-16)13-12-18-17(20-14-15-21(18)26-20)10-6-1-2-7-11-22(24)25/h1,6,12-13,16-21,23H,2-5,7-11,14-15H2,(H,24,25)/b6-1-,13-12+/t17-,18-,19+,20-,21+/m0/s1. The molecule has 3 aliphatic rings. The third-order valence-electron chi connectivity index (χ3n) is 6.49. The second kappa shape index (κ2) is 9.70. The third-order valence-corrected chi connectivity index (χ3v) is 6.49. The van der Waals surface area contributed by atoms with E-state index in [2.05, 4.69) is 18.2 Å². The number of carbonyl (C=O) groups is 1. The minimum absolute atomic E-state index is 0.242. The van der Waals surface area contributed by atoms with Gasteiger partial charge in [-0.05, 0) is 56.8 Å². The Morgan fingerprint density at radius 3 is 2.62 bits per heavy atom. The summed E-state index contributed by atoms with van der Waals surface area (Å²) in [5.41, 5.74) is 0. The molecule has 0 spiro atoms. The molecular weight excluding hydrogens is 328 g/mol. The minimum Gasteiger partial charge on any atom is -0.481 e. The summed E-state index contributed by atoms with van der Waals surface area (Å²) in [6, 6.07) is 0. The molecule has 2 bridgehead atoms. The van der Waals surface area contributed by atoms with E-state index in [0.29, 0.717) is 36.4 Å². The van der Waals surface area contributed by atoms with Crippen molar-refractivity contribution in [2.24, 2.45) is 17.8 Å². The van der Waals surface area contributed by atoms with Crippen molar-refractivity contribution in [3.63, 3.8) is 0 Å². The number of ether oxygens (including phenoxy) is 1. The zero-order valence-corrected chi connectivity index (χ0v) is 15.8. The Hall–Kier alpha value is -1.13. The number of hydrogen-bond donors (Lipinski definition) is 2. The Morgan fingerprint density at radius 2 is 1.85 bits per heavy atom. The van der Waals surface area contributed by atoms with Crippen LogP contribution in [0.25, 0.3) is 0 Å². The summed E-state index contributed by atoms with van der Waals surface area (Å²) in [6.45, 7) is 0. The molecule has 0 unspecified atom stereocenters. The smallest absolute Gasteiger partial charge is 0.303 e. The van der Waals surface area contributed by atoms with Crippen LogP contribution in [0.3, 0.4) is 0 Å². The monoisotopic (exact) mass is 362 g/mol. The summed E-state index contributed by atoms with van der Waals surface area (Å²) in [5.74, 6) is 0.628. The fourth-order valence-electron chi connectivity index (χ4n) is 5.00. The van der Waals surface area contributed by atoms with Gasteiger partial charge >= 0.3 is 5.97 Å². The van der Waals surface area contributed by atoms with Gasteiger partial charge in [0.25, 0.3) is 0 Å². The zero-order chi connectivity index (χ0) is 18.4. The highest BCUT2D eigenvalue weighted by atomic mass is 16.5. The lowest BCUT2D eigenvalue weighted by Crippen LogP contribution is -2.26. The van der Waals surface area contributed by atoms with E-state index in [0.717, 1.165) is 38.5 Å². The molecule has 4 nitrogen and oxygen atoms in total. The van der Waals surface area contributed by atoms with Crippen molar-refractivity contribution in [2.45, 2.75) is 88.9 Å². The van der Waals surface area contributed by atoms with Gasteiger partial charge in [0, 0.05) is 12.3 Å². The zero-order valence-electron chi connectivity index (χ0n) is 15.8. The van der Waals surface area contributed by atoms with Gasteiger partial charge in [-0.15, -0.1) is 0 Å². The van der Waals surface area contributed by atoms with Gasteiger partial charge in [-0.1, -0.05) is 43.6 Å². The number of unbranched alkanes of at least 4 members (excludes halogenated alkanes) is 1. The molecule has 1 aliphatic carbocycles. The molecule has 26 heavy (non-hydrogen) atoms. The third kappa shape index (κ3) is 5.20. The first-order chi connectivity index (χ1) is 12.6. The highest BCUT2D eigenvalue weighted by Gasteiger charge is 2.46. The summed E-state index contributed by atoms with van der Waals surface area (Å²) < 4.78 is 6.14. The van der Waals surface area contributed by atoms with Gasteiger partial charge in [0.2, 0.25) is 0 Å². The van der Waals surface area contributed by atoms with Gasteiger partial charge in [0.05, 0.1) is 18.3 Å². The largest absolute Gasteiger partial charge is 0.481 e. The molecule has 5 atom stereocenters. The molecule has 146 valence electrons. The maximum absolute atomic E-state index is 10.5. The molecule has 4 heteroatoms. The Balaban J connectivity index is 1.49. The van der Waals surface area contributed by atoms with E-state index >= 15 is 0 Å². The van der Waals surface area contributed by atoms with E-state index in [4.69, 9.17) is 9.84 Å². The molecule has 2 aliphatic heterocycles. The lowest BCUT2D eigenvalue weighted by atomic mass is 9.76. The summed E-state index contributed by atoms with van der Waals surface area (Å²) in [4.78, 5) is 10.5. The lowest BCUT2D eigenvalue weighted by Gasteiger charge is -2.27. The second-order valence-corrected chi connectivity index (χ2v) is 8.30. The van der Waals surface area contributed by atoms with Gasteiger partial charge in [0.15, 0.2) is 0 Å². The number of aliphatic hydroxyl groups is 1. The van der Waals surface area contributed by atoms with Crippen LogP contribution in [-0.4, -0.2) is 34.5 Å². The molecule has 2 N–H and O–H groups in total. The SMILES string of the molecule is O=C(O)CCC/C=C\C[C@H]1[C@H](/C=C/[C@@H](O)C2CCCCC2)[C@H]2CC[C@@H]1O2. The van der Waals surface area contributed by atoms with Crippen LogP contribution in [0, 0.1) is 17.8 Å². The van der Waals surface area contributed by atoms with Crippen LogP contribution < -0.4 is 0 Å². The Kier molecular flexibility index (Phi) is 7.32. The van der Waals surface area contributed by atoms with Crippen LogP contribution in [0.15, 0.2) is 24.3 Å². The van der Waals surface area contributed by atoms with Crippen molar-refractivity contribution in [1.82, 2.24) is 0 Å². The van der Waals surface area contributed by atoms with Crippen molar-refractivity contribution in [2.75, 3.05) is 0 Å². The van der Waals surface area contributed by atoms with Gasteiger partial charge < -0.3 is 14.9 Å². The van der Waals surface area contributed by atoms with E-state index in [1.54, 1.807) is 0 Å². The molecule has 3 rings (SSSR count). The number of hydrogen-bond acceptors (Lipinski definition) is 3. The second-order valence-electron chi connectivity index (χ2n) is 8.30. The predicted octanol–water partition coefficient (Wildman–Crippen LogP) is 4.48. The van der Waals surface area contributed by atoms with E-state index in [-0.39, 0.29) is 12.5 Å². The molecule has 3 fully saturated rings. The fourth-order valence-corrected chi connectivity index (χ4v) is 5.00. The van der Waals surface area contributed by atoms with Crippen LogP contribution in [-0.2, 0) is 9.53 Å². The minimum atomic E-state index is -0.721. The number of aliphatic carboxylic acids is 1. The maximum Gasteiger partial charge on any atom is 0.303 e. The van der Waals surface area contributed by atoms with Crippen LogP contribution in [0.2, 0.25) is 0 Å². The average Bonchev–Trinajstić information content (AvgIpc) is 3.24. The number of carboxylic acids is 1. The molecule has 0 aromatic carbocycles. The van der Waals surface area contributed by atoms with Gasteiger partial charge in [0.1, 0.15) is 0 Å². The molecule has 0 aromatic rings. The highest BCUT2D eigenvalue weighted by Crippen LogP contribution is 2.46. The summed E-state index contributed by atoms with van der Waals surface area (Å²) >= 11 is 0. The number of allylic oxidation sites excluding steroid dienone is 2. The molecule has 0 amide bonds. The Morgan fingerprint density at radius 1 is 1.08 bits per heavy atom. The van der Waals surface area contributed by atoms with Crippen LogP contribution in [0.1, 0.15) is 70.6 Å². The Bertz CT molecular complexity index is 506. The first kappa shape index (κ1) is 19.6. The molecule has 0 radical (unpaired) electrons. The summed E-state index contributed by atoms with van der Waals surface area (Å²) in [5, 5.41) is 19.2. The van der Waals surface area contributed by atoms with Crippen LogP contribution in [0.5, 0.6) is 0 Å². The van der Waals surface area contributed by atoms with Gasteiger partial charge in [-0.3, -0.25) is 4.79 Å². The van der Waals surface area contributed by atoms with Crippen molar-refractivity contribution in [3.8, 4) is 0 Å². The fraction of sp³-hybridized carbons (Fsp3) is 0.773. The lowest BCUT2D eigenvalue weighted by molar-refractivity contribution is -0.137. The van der Waals surface area contributed by atoms with E-state index < -0.39 is 5.97 Å². The van der Waals surface area contributed by atoms with Crippen molar-refractivity contribution in [3.05, 3.63) is 24.3 Å². The normalized spacial score (nSPS) is 33.4. The van der Waals surface area contributed by atoms with E-state index in [1.165, 1.54) is 19.3 Å². The first-order valence-corrected chi connectivity index (χ1v) is 10.5.